The Morgan fingerprint density at radius 2 is 2.25 bits per heavy atom. The van der Waals surface area contributed by atoms with Gasteiger partial charge >= 0.3 is 0 Å². The summed E-state index contributed by atoms with van der Waals surface area (Å²) < 4.78 is 5.58. The lowest BCUT2D eigenvalue weighted by Crippen LogP contribution is -2.19. The average Bonchev–Trinajstić information content (AvgIpc) is 2.45. The van der Waals surface area contributed by atoms with E-state index >= 15 is 0 Å². The Balaban J connectivity index is 2.19. The molecule has 1 N–H and O–H groups in total. The molecule has 0 saturated carbocycles. The number of hydrogen-bond donors (Lipinski definition) is 1. The minimum Gasteiger partial charge on any atom is -0.381 e. The van der Waals surface area contributed by atoms with Crippen LogP contribution in [-0.2, 0) is 11.2 Å². The molecule has 0 radical (unpaired) electrons. The lowest BCUT2D eigenvalue weighted by molar-refractivity contribution is 0.0780. The van der Waals surface area contributed by atoms with Crippen molar-refractivity contribution in [2.45, 2.75) is 52.4 Å². The normalized spacial score (nSPS) is 19.3. The maximum Gasteiger partial charge on any atom is 0.136 e. The highest BCUT2D eigenvalue weighted by Crippen LogP contribution is 2.24. The van der Waals surface area contributed by atoms with E-state index in [-0.39, 0.29) is 0 Å². The van der Waals surface area contributed by atoms with Crippen molar-refractivity contribution in [1.29, 1.82) is 0 Å². The summed E-state index contributed by atoms with van der Waals surface area (Å²) in [4.78, 5) is 9.47. The molecular weight excluding hydrogens is 250 g/mol. The molecule has 20 heavy (non-hydrogen) atoms. The number of hydrogen-bond acceptors (Lipinski definition) is 4. The monoisotopic (exact) mass is 277 g/mol. The second-order valence-corrected chi connectivity index (χ2v) is 6.04. The predicted octanol–water partition coefficient (Wildman–Crippen LogP) is 3.39. The molecule has 4 nitrogen and oxygen atoms in total. The molecule has 0 aliphatic carbocycles. The van der Waals surface area contributed by atoms with Crippen LogP contribution in [0.1, 0.15) is 57.5 Å². The number of nitrogens with one attached hydrogen (secondary N) is 1. The van der Waals surface area contributed by atoms with Crippen LogP contribution in [0.3, 0.4) is 0 Å². The van der Waals surface area contributed by atoms with Crippen LogP contribution in [0.25, 0.3) is 0 Å². The van der Waals surface area contributed by atoms with Crippen molar-refractivity contribution in [2.24, 2.45) is 5.92 Å². The Labute approximate surface area is 122 Å². The van der Waals surface area contributed by atoms with Gasteiger partial charge < -0.3 is 10.1 Å². The third kappa shape index (κ3) is 4.44. The van der Waals surface area contributed by atoms with Crippen LogP contribution in [0.15, 0.2) is 6.07 Å². The molecule has 1 aliphatic heterocycles. The topological polar surface area (TPSA) is 47.0 Å². The minimum atomic E-state index is 0.359. The van der Waals surface area contributed by atoms with Crippen LogP contribution < -0.4 is 5.32 Å². The van der Waals surface area contributed by atoms with Crippen LogP contribution in [0, 0.1) is 5.92 Å². The molecule has 1 aliphatic rings. The van der Waals surface area contributed by atoms with Gasteiger partial charge in [0.05, 0.1) is 6.61 Å². The molecule has 112 valence electrons. The third-order valence-corrected chi connectivity index (χ3v) is 3.50. The zero-order chi connectivity index (χ0) is 14.4. The summed E-state index contributed by atoms with van der Waals surface area (Å²) in [5, 5.41) is 3.40. The lowest BCUT2D eigenvalue weighted by atomic mass is 10.0. The molecule has 1 aromatic rings. The van der Waals surface area contributed by atoms with Gasteiger partial charge in [0.15, 0.2) is 0 Å². The Bertz CT molecular complexity index is 414. The van der Waals surface area contributed by atoms with Crippen molar-refractivity contribution >= 4 is 5.82 Å². The van der Waals surface area contributed by atoms with Crippen LogP contribution in [-0.4, -0.2) is 29.7 Å². The summed E-state index contributed by atoms with van der Waals surface area (Å²) in [6.45, 7) is 9.22. The quantitative estimate of drug-likeness (QED) is 0.866. The first kappa shape index (κ1) is 15.2. The summed E-state index contributed by atoms with van der Waals surface area (Å²) in [6.07, 6.45) is 4.35. The average molecular weight is 277 g/mol. The van der Waals surface area contributed by atoms with Gasteiger partial charge in [-0.2, -0.15) is 0 Å². The Hall–Kier alpha value is -1.16. The van der Waals surface area contributed by atoms with E-state index < -0.39 is 0 Å². The van der Waals surface area contributed by atoms with Gasteiger partial charge in [-0.25, -0.2) is 9.97 Å². The molecule has 0 amide bonds. The van der Waals surface area contributed by atoms with Gasteiger partial charge in [-0.3, -0.25) is 0 Å². The minimum absolute atomic E-state index is 0.359. The second-order valence-electron chi connectivity index (χ2n) is 6.04. The molecule has 0 aromatic carbocycles. The SMILES string of the molecule is CCCNc1cc(CC(C)C)nc(C2CCCOC2)n1. The predicted molar refractivity (Wildman–Crippen MR) is 82.1 cm³/mol. The number of anilines is 1. The van der Waals surface area contributed by atoms with E-state index in [1.54, 1.807) is 0 Å². The second kappa shape index (κ2) is 7.58. The number of nitrogens with zero attached hydrogens (tertiary/aromatic N) is 2. The van der Waals surface area contributed by atoms with E-state index in [2.05, 4.69) is 32.2 Å². The molecule has 2 rings (SSSR count). The van der Waals surface area contributed by atoms with E-state index in [0.29, 0.717) is 11.8 Å². The molecule has 1 atom stereocenters. The van der Waals surface area contributed by atoms with Gasteiger partial charge in [0.2, 0.25) is 0 Å². The summed E-state index contributed by atoms with van der Waals surface area (Å²) in [5.41, 5.74) is 1.15. The van der Waals surface area contributed by atoms with Gasteiger partial charge in [-0.05, 0) is 31.6 Å². The number of aromatic nitrogens is 2. The maximum absolute atomic E-state index is 5.58. The summed E-state index contributed by atoms with van der Waals surface area (Å²) >= 11 is 0. The molecule has 0 spiro atoms. The molecule has 1 saturated heterocycles. The fourth-order valence-corrected chi connectivity index (χ4v) is 2.51. The molecule has 1 aromatic heterocycles. The first-order valence-corrected chi connectivity index (χ1v) is 7.88. The van der Waals surface area contributed by atoms with Gasteiger partial charge in [-0.15, -0.1) is 0 Å². The van der Waals surface area contributed by atoms with Gasteiger partial charge in [0, 0.05) is 30.8 Å². The fourth-order valence-electron chi connectivity index (χ4n) is 2.51. The van der Waals surface area contributed by atoms with E-state index in [1.165, 1.54) is 0 Å². The van der Waals surface area contributed by atoms with Gasteiger partial charge in [-0.1, -0.05) is 20.8 Å². The molecule has 0 bridgehead atoms. The van der Waals surface area contributed by atoms with E-state index in [1.807, 2.05) is 0 Å². The van der Waals surface area contributed by atoms with Crippen LogP contribution in [0.5, 0.6) is 0 Å². The molecular formula is C16H27N3O. The largest absolute Gasteiger partial charge is 0.381 e. The van der Waals surface area contributed by atoms with Crippen LogP contribution in [0.4, 0.5) is 5.82 Å². The van der Waals surface area contributed by atoms with Crippen LogP contribution >= 0.6 is 0 Å². The summed E-state index contributed by atoms with van der Waals surface area (Å²) in [5.74, 6) is 2.90. The third-order valence-electron chi connectivity index (χ3n) is 3.50. The first-order valence-electron chi connectivity index (χ1n) is 7.88. The van der Waals surface area contributed by atoms with Crippen LogP contribution in [0.2, 0.25) is 0 Å². The number of ether oxygens (including phenoxy) is 1. The van der Waals surface area contributed by atoms with Crippen molar-refractivity contribution in [3.63, 3.8) is 0 Å². The van der Waals surface area contributed by atoms with Crippen molar-refractivity contribution in [2.75, 3.05) is 25.1 Å². The highest BCUT2D eigenvalue weighted by molar-refractivity contribution is 5.36. The highest BCUT2D eigenvalue weighted by Gasteiger charge is 2.20. The van der Waals surface area contributed by atoms with Gasteiger partial charge in [0.1, 0.15) is 11.6 Å². The fraction of sp³-hybridized carbons (Fsp3) is 0.750. The zero-order valence-electron chi connectivity index (χ0n) is 13.0. The molecule has 2 heterocycles. The Kier molecular flexibility index (Phi) is 5.77. The molecule has 1 unspecified atom stereocenters. The van der Waals surface area contributed by atoms with E-state index in [0.717, 1.165) is 62.8 Å². The van der Waals surface area contributed by atoms with E-state index in [9.17, 15) is 0 Å². The molecule has 1 fully saturated rings. The Morgan fingerprint density at radius 3 is 2.90 bits per heavy atom. The lowest BCUT2D eigenvalue weighted by Gasteiger charge is -2.22. The smallest absolute Gasteiger partial charge is 0.136 e. The summed E-state index contributed by atoms with van der Waals surface area (Å²) in [6, 6.07) is 2.10. The van der Waals surface area contributed by atoms with Gasteiger partial charge in [0.25, 0.3) is 0 Å². The highest BCUT2D eigenvalue weighted by atomic mass is 16.5. The summed E-state index contributed by atoms with van der Waals surface area (Å²) in [7, 11) is 0. The first-order chi connectivity index (χ1) is 9.69. The molecule has 4 heteroatoms. The van der Waals surface area contributed by atoms with Crippen molar-refractivity contribution in [1.82, 2.24) is 9.97 Å². The Morgan fingerprint density at radius 1 is 1.40 bits per heavy atom. The zero-order valence-corrected chi connectivity index (χ0v) is 13.0. The maximum atomic E-state index is 5.58. The standard InChI is InChI=1S/C16H27N3O/c1-4-7-17-15-10-14(9-12(2)3)18-16(19-15)13-6-5-8-20-11-13/h10,12-13H,4-9,11H2,1-3H3,(H,17,18,19). The van der Waals surface area contributed by atoms with E-state index in [4.69, 9.17) is 14.7 Å². The van der Waals surface area contributed by atoms with Crippen molar-refractivity contribution < 1.29 is 4.74 Å². The van der Waals surface area contributed by atoms with Crippen molar-refractivity contribution in [3.8, 4) is 0 Å². The van der Waals surface area contributed by atoms with Crippen molar-refractivity contribution in [3.05, 3.63) is 17.6 Å². The number of rotatable bonds is 6.